The lowest BCUT2D eigenvalue weighted by Gasteiger charge is -2.27. The highest BCUT2D eigenvalue weighted by molar-refractivity contribution is 5.97. The Bertz CT molecular complexity index is 491. The van der Waals surface area contributed by atoms with Crippen molar-refractivity contribution in [2.45, 2.75) is 13.8 Å². The van der Waals surface area contributed by atoms with Gasteiger partial charge in [0, 0.05) is 25.8 Å². The van der Waals surface area contributed by atoms with Crippen molar-refractivity contribution >= 4 is 23.0 Å². The molecule has 1 amide bonds. The van der Waals surface area contributed by atoms with E-state index in [-0.39, 0.29) is 12.5 Å². The van der Waals surface area contributed by atoms with Gasteiger partial charge in [-0.05, 0) is 19.9 Å². The van der Waals surface area contributed by atoms with Gasteiger partial charge in [-0.3, -0.25) is 4.79 Å². The highest BCUT2D eigenvalue weighted by atomic mass is 16.5. The number of anilines is 3. The van der Waals surface area contributed by atoms with Gasteiger partial charge in [0.2, 0.25) is 0 Å². The second-order valence-electron chi connectivity index (χ2n) is 4.52. The van der Waals surface area contributed by atoms with E-state index < -0.39 is 0 Å². The number of hydrogen-bond acceptors (Lipinski definition) is 5. The van der Waals surface area contributed by atoms with Crippen LogP contribution in [0.1, 0.15) is 13.8 Å². The van der Waals surface area contributed by atoms with E-state index in [9.17, 15) is 4.79 Å². The molecule has 1 aromatic rings. The molecular formula is C14H21N3O3. The summed E-state index contributed by atoms with van der Waals surface area (Å²) < 4.78 is 10.7. The first-order valence-corrected chi connectivity index (χ1v) is 6.84. The maximum atomic E-state index is 11.4. The lowest BCUT2D eigenvalue weighted by atomic mass is 10.2. The average molecular weight is 279 g/mol. The molecule has 6 nitrogen and oxygen atoms in total. The average Bonchev–Trinajstić information content (AvgIpc) is 2.44. The number of nitrogens with zero attached hydrogens (tertiary/aromatic N) is 1. The quantitative estimate of drug-likeness (QED) is 0.609. The molecule has 0 spiro atoms. The number of amides is 1. The molecule has 20 heavy (non-hydrogen) atoms. The Morgan fingerprint density at radius 1 is 1.45 bits per heavy atom. The zero-order chi connectivity index (χ0) is 14.5. The topological polar surface area (TPSA) is 76.8 Å². The lowest BCUT2D eigenvalue weighted by molar-refractivity contribution is -0.118. The van der Waals surface area contributed by atoms with Crippen LogP contribution in [0.25, 0.3) is 0 Å². The maximum absolute atomic E-state index is 11.4. The zero-order valence-electron chi connectivity index (χ0n) is 11.9. The predicted molar refractivity (Wildman–Crippen MR) is 79.4 cm³/mol. The van der Waals surface area contributed by atoms with E-state index in [4.69, 9.17) is 15.2 Å². The summed E-state index contributed by atoms with van der Waals surface area (Å²) in [6, 6.07) is 3.62. The summed E-state index contributed by atoms with van der Waals surface area (Å²) >= 11 is 0. The van der Waals surface area contributed by atoms with Crippen LogP contribution in [0, 0.1) is 0 Å². The fourth-order valence-electron chi connectivity index (χ4n) is 2.17. The van der Waals surface area contributed by atoms with Crippen molar-refractivity contribution in [3.8, 4) is 5.75 Å². The molecule has 3 N–H and O–H groups in total. The summed E-state index contributed by atoms with van der Waals surface area (Å²) in [5.41, 5.74) is 8.27. The third-order valence-electron chi connectivity index (χ3n) is 3.19. The lowest BCUT2D eigenvalue weighted by Crippen LogP contribution is -2.29. The van der Waals surface area contributed by atoms with Gasteiger partial charge in [-0.15, -0.1) is 0 Å². The number of likely N-dealkylation sites (N-methyl/N-ethyl adjacent to an activating group) is 1. The molecule has 0 bridgehead atoms. The Morgan fingerprint density at radius 2 is 2.25 bits per heavy atom. The molecule has 0 aliphatic carbocycles. The molecule has 0 saturated heterocycles. The van der Waals surface area contributed by atoms with Gasteiger partial charge in [0.15, 0.2) is 6.61 Å². The Labute approximate surface area is 118 Å². The van der Waals surface area contributed by atoms with Crippen molar-refractivity contribution in [3.05, 3.63) is 12.1 Å². The summed E-state index contributed by atoms with van der Waals surface area (Å²) in [6.07, 6.45) is 0. The largest absolute Gasteiger partial charge is 0.482 e. The number of carbonyl (C=O) groups excluding carboxylic acids is 1. The molecule has 1 aromatic carbocycles. The summed E-state index contributed by atoms with van der Waals surface area (Å²) in [7, 11) is 0. The minimum atomic E-state index is -0.148. The third-order valence-corrected chi connectivity index (χ3v) is 3.19. The standard InChI is InChI=1S/C14H21N3O3/c1-3-17(5-6-19-4-2)12-8-11-13(7-10(12)15)20-9-14(18)16-11/h7-8H,3-6,9,15H2,1-2H3,(H,16,18). The molecule has 0 saturated carbocycles. The Morgan fingerprint density at radius 3 is 2.95 bits per heavy atom. The fraction of sp³-hybridized carbons (Fsp3) is 0.500. The maximum Gasteiger partial charge on any atom is 0.262 e. The van der Waals surface area contributed by atoms with Crippen molar-refractivity contribution in [2.75, 3.05) is 48.9 Å². The van der Waals surface area contributed by atoms with Crippen molar-refractivity contribution in [1.29, 1.82) is 0 Å². The van der Waals surface area contributed by atoms with Crippen LogP contribution >= 0.6 is 0 Å². The van der Waals surface area contributed by atoms with Crippen LogP contribution in [0.5, 0.6) is 5.75 Å². The molecule has 6 heteroatoms. The first-order chi connectivity index (χ1) is 9.65. The fourth-order valence-corrected chi connectivity index (χ4v) is 2.17. The summed E-state index contributed by atoms with van der Waals surface area (Å²) in [5.74, 6) is 0.470. The van der Waals surface area contributed by atoms with Gasteiger partial charge < -0.3 is 25.4 Å². The Hall–Kier alpha value is -1.95. The molecule has 0 atom stereocenters. The minimum Gasteiger partial charge on any atom is -0.482 e. The van der Waals surface area contributed by atoms with Gasteiger partial charge in [-0.2, -0.15) is 0 Å². The van der Waals surface area contributed by atoms with E-state index in [2.05, 4.69) is 17.1 Å². The van der Waals surface area contributed by atoms with Gasteiger partial charge in [0.05, 0.1) is 23.7 Å². The SMILES string of the molecule is CCOCCN(CC)c1cc2c(cc1N)OCC(=O)N2. The van der Waals surface area contributed by atoms with E-state index in [0.29, 0.717) is 30.3 Å². The van der Waals surface area contributed by atoms with Crippen molar-refractivity contribution in [2.24, 2.45) is 0 Å². The van der Waals surface area contributed by atoms with Crippen LogP contribution in [0.15, 0.2) is 12.1 Å². The number of nitrogens with one attached hydrogen (secondary N) is 1. The van der Waals surface area contributed by atoms with Gasteiger partial charge in [0.25, 0.3) is 5.91 Å². The molecule has 0 radical (unpaired) electrons. The number of hydrogen-bond donors (Lipinski definition) is 2. The molecule has 1 heterocycles. The number of benzene rings is 1. The number of nitrogen functional groups attached to an aromatic ring is 1. The number of nitrogens with two attached hydrogens (primary N) is 1. The summed E-state index contributed by atoms with van der Waals surface area (Å²) in [4.78, 5) is 13.5. The first-order valence-electron chi connectivity index (χ1n) is 6.84. The number of carbonyl (C=O) groups is 1. The van der Waals surface area contributed by atoms with Crippen LogP contribution in [0.3, 0.4) is 0 Å². The van der Waals surface area contributed by atoms with Crippen LogP contribution in [0.4, 0.5) is 17.1 Å². The third kappa shape index (κ3) is 3.14. The molecule has 1 aliphatic rings. The smallest absolute Gasteiger partial charge is 0.262 e. The number of ether oxygens (including phenoxy) is 2. The minimum absolute atomic E-state index is 0.0353. The van der Waals surface area contributed by atoms with Crippen molar-refractivity contribution in [1.82, 2.24) is 0 Å². The first kappa shape index (κ1) is 14.5. The molecule has 2 rings (SSSR count). The normalized spacial score (nSPS) is 13.4. The van der Waals surface area contributed by atoms with E-state index in [1.807, 2.05) is 13.0 Å². The van der Waals surface area contributed by atoms with Gasteiger partial charge in [-0.1, -0.05) is 0 Å². The second-order valence-corrected chi connectivity index (χ2v) is 4.52. The molecule has 0 aromatic heterocycles. The Balaban J connectivity index is 2.21. The molecular weight excluding hydrogens is 258 g/mol. The second kappa shape index (κ2) is 6.47. The van der Waals surface area contributed by atoms with Crippen molar-refractivity contribution < 1.29 is 14.3 Å². The van der Waals surface area contributed by atoms with Crippen LogP contribution in [0.2, 0.25) is 0 Å². The van der Waals surface area contributed by atoms with E-state index in [1.165, 1.54) is 0 Å². The Kier molecular flexibility index (Phi) is 4.68. The molecule has 1 aliphatic heterocycles. The number of rotatable bonds is 6. The van der Waals surface area contributed by atoms with Crippen LogP contribution in [-0.2, 0) is 9.53 Å². The molecule has 110 valence electrons. The van der Waals surface area contributed by atoms with Crippen molar-refractivity contribution in [3.63, 3.8) is 0 Å². The highest BCUT2D eigenvalue weighted by Gasteiger charge is 2.19. The summed E-state index contributed by atoms with van der Waals surface area (Å²) in [6.45, 7) is 6.96. The van der Waals surface area contributed by atoms with Gasteiger partial charge >= 0.3 is 0 Å². The zero-order valence-corrected chi connectivity index (χ0v) is 11.9. The van der Waals surface area contributed by atoms with Gasteiger partial charge in [0.1, 0.15) is 5.75 Å². The van der Waals surface area contributed by atoms with E-state index in [1.54, 1.807) is 6.07 Å². The molecule has 0 unspecified atom stereocenters. The number of fused-ring (bicyclic) bond motifs is 1. The van der Waals surface area contributed by atoms with E-state index in [0.717, 1.165) is 18.8 Å². The summed E-state index contributed by atoms with van der Waals surface area (Å²) in [5, 5.41) is 2.80. The molecule has 0 fully saturated rings. The monoisotopic (exact) mass is 279 g/mol. The highest BCUT2D eigenvalue weighted by Crippen LogP contribution is 2.36. The van der Waals surface area contributed by atoms with Gasteiger partial charge in [-0.25, -0.2) is 0 Å². The van der Waals surface area contributed by atoms with Crippen LogP contribution in [-0.4, -0.2) is 38.8 Å². The van der Waals surface area contributed by atoms with Crippen LogP contribution < -0.4 is 20.7 Å². The van der Waals surface area contributed by atoms with E-state index >= 15 is 0 Å². The predicted octanol–water partition coefficient (Wildman–Crippen LogP) is 1.46.